The summed E-state index contributed by atoms with van der Waals surface area (Å²) in [5, 5.41) is 8.27. The predicted octanol–water partition coefficient (Wildman–Crippen LogP) is 1.44. The molecule has 10 heteroatoms. The van der Waals surface area contributed by atoms with Crippen molar-refractivity contribution in [2.45, 2.75) is 45.4 Å². The van der Waals surface area contributed by atoms with Crippen LogP contribution in [0.1, 0.15) is 45.4 Å². The van der Waals surface area contributed by atoms with Gasteiger partial charge in [-0.25, -0.2) is 0 Å². The smallest absolute Gasteiger partial charge is 0.303 e. The number of rotatable bonds is 6. The molecule has 8 nitrogen and oxygen atoms in total. The maximum absolute atomic E-state index is 10.0. The number of hydrogen-bond acceptors (Lipinski definition) is 5. The number of carboxylic acid groups (broad SMARTS) is 1. The van der Waals surface area contributed by atoms with Crippen molar-refractivity contribution >= 4 is 26.2 Å². The second kappa shape index (κ2) is 13.3. The van der Waals surface area contributed by atoms with Gasteiger partial charge in [-0.1, -0.05) is 32.6 Å². The summed E-state index contributed by atoms with van der Waals surface area (Å²) < 4.78 is 51.7. The first kappa shape index (κ1) is 24.3. The van der Waals surface area contributed by atoms with E-state index in [0.29, 0.717) is 18.9 Å². The molecule has 0 aromatic heterocycles. The van der Waals surface area contributed by atoms with Gasteiger partial charge in [0.15, 0.2) is 0 Å². The Morgan fingerprint density at radius 2 is 1.15 bits per heavy atom. The van der Waals surface area contributed by atoms with Crippen LogP contribution < -0.4 is 0 Å². The fraction of sp³-hybridized carbons (Fsp3) is 0.900. The van der Waals surface area contributed by atoms with Gasteiger partial charge < -0.3 is 5.11 Å². The zero-order valence-corrected chi connectivity index (χ0v) is 13.6. The van der Waals surface area contributed by atoms with Crippen LogP contribution in [0.15, 0.2) is 0 Å². The van der Waals surface area contributed by atoms with E-state index < -0.39 is 26.2 Å². The highest BCUT2D eigenvalue weighted by atomic mass is 32.2. The van der Waals surface area contributed by atoms with Gasteiger partial charge in [0, 0.05) is 6.42 Å². The van der Waals surface area contributed by atoms with Crippen LogP contribution in [0.3, 0.4) is 0 Å². The Morgan fingerprint density at radius 3 is 1.40 bits per heavy atom. The largest absolute Gasteiger partial charge is 0.481 e. The zero-order valence-electron chi connectivity index (χ0n) is 11.9. The van der Waals surface area contributed by atoms with Gasteiger partial charge in [0.25, 0.3) is 20.2 Å². The lowest BCUT2D eigenvalue weighted by atomic mass is 10.1. The minimum absolute atomic E-state index is 0.337. The molecule has 124 valence electrons. The first-order valence-electron chi connectivity index (χ1n) is 5.84. The van der Waals surface area contributed by atoms with E-state index in [2.05, 4.69) is 6.92 Å². The summed E-state index contributed by atoms with van der Waals surface area (Å²) in [5.74, 6) is -0.670. The average Bonchev–Trinajstić information content (AvgIpc) is 2.11. The molecule has 0 saturated carbocycles. The van der Waals surface area contributed by atoms with Crippen LogP contribution in [0.2, 0.25) is 0 Å². The minimum Gasteiger partial charge on any atom is -0.481 e. The molecule has 0 rings (SSSR count). The lowest BCUT2D eigenvalue weighted by molar-refractivity contribution is -0.137. The van der Waals surface area contributed by atoms with Crippen molar-refractivity contribution in [1.29, 1.82) is 0 Å². The zero-order chi connectivity index (χ0) is 16.8. The first-order valence-corrected chi connectivity index (χ1v) is 9.53. The van der Waals surface area contributed by atoms with E-state index in [4.69, 9.17) is 14.2 Å². The quantitative estimate of drug-likeness (QED) is 0.487. The Hall–Kier alpha value is -0.710. The number of hydrogen-bond donors (Lipinski definition) is 3. The maximum atomic E-state index is 10.0. The molecular formula is C10H24O8S2. The molecule has 0 aromatic carbocycles. The number of carboxylic acids is 1. The molecule has 0 heterocycles. The van der Waals surface area contributed by atoms with E-state index >= 15 is 0 Å². The Kier molecular flexibility index (Phi) is 16.1. The monoisotopic (exact) mass is 336 g/mol. The fourth-order valence-corrected chi connectivity index (χ4v) is 0.880. The van der Waals surface area contributed by atoms with Crippen molar-refractivity contribution in [1.82, 2.24) is 0 Å². The molecule has 20 heavy (non-hydrogen) atoms. The number of unbranched alkanes of at least 4 members (excludes halogenated alkanes) is 4. The molecule has 0 unspecified atom stereocenters. The first-order chi connectivity index (χ1) is 8.77. The standard InChI is InChI=1S/C8H16O2.2CH4O3S/c1-2-3-4-5-6-7-8(9)10;2*1-5(2,3)4/h2-7H2,1H3,(H,9,10);2*1H3,(H,2,3,4). The molecule has 0 radical (unpaired) electrons. The van der Waals surface area contributed by atoms with E-state index in [0.717, 1.165) is 12.8 Å². The normalized spacial score (nSPS) is 10.7. The van der Waals surface area contributed by atoms with Crippen molar-refractivity contribution < 1.29 is 35.8 Å². The summed E-state index contributed by atoms with van der Waals surface area (Å²) >= 11 is 0. The molecule has 0 saturated heterocycles. The summed E-state index contributed by atoms with van der Waals surface area (Å²) in [5.41, 5.74) is 0. The lowest BCUT2D eigenvalue weighted by Gasteiger charge is -1.95. The van der Waals surface area contributed by atoms with Crippen LogP contribution in [0, 0.1) is 0 Å². The van der Waals surface area contributed by atoms with Gasteiger partial charge in [0.05, 0.1) is 12.5 Å². The number of carbonyl (C=O) groups is 1. The Bertz CT molecular complexity index is 378. The van der Waals surface area contributed by atoms with Crippen LogP contribution in [0.25, 0.3) is 0 Å². The molecule has 0 aliphatic carbocycles. The van der Waals surface area contributed by atoms with Crippen molar-refractivity contribution in [3.63, 3.8) is 0 Å². The van der Waals surface area contributed by atoms with Gasteiger partial charge >= 0.3 is 5.97 Å². The highest BCUT2D eigenvalue weighted by Crippen LogP contribution is 2.04. The SMILES string of the molecule is CCCCCCCC(=O)O.CS(=O)(=O)O.CS(=O)(=O)O. The third-order valence-electron chi connectivity index (χ3n) is 1.49. The molecule has 0 aliphatic heterocycles. The molecule has 0 bridgehead atoms. The number of aliphatic carboxylic acids is 1. The minimum atomic E-state index is -3.67. The van der Waals surface area contributed by atoms with E-state index in [-0.39, 0.29) is 0 Å². The summed E-state index contributed by atoms with van der Waals surface area (Å²) in [6, 6.07) is 0. The third-order valence-corrected chi connectivity index (χ3v) is 1.49. The molecule has 3 N–H and O–H groups in total. The third kappa shape index (κ3) is 116. The van der Waals surface area contributed by atoms with Crippen molar-refractivity contribution in [3.05, 3.63) is 0 Å². The van der Waals surface area contributed by atoms with Gasteiger partial charge in [-0.3, -0.25) is 13.9 Å². The van der Waals surface area contributed by atoms with Gasteiger partial charge in [-0.05, 0) is 6.42 Å². The Morgan fingerprint density at radius 1 is 0.850 bits per heavy atom. The van der Waals surface area contributed by atoms with Crippen LogP contribution in [0.4, 0.5) is 0 Å². The Labute approximate surface area is 120 Å². The highest BCUT2D eigenvalue weighted by molar-refractivity contribution is 7.85. The maximum Gasteiger partial charge on any atom is 0.303 e. The van der Waals surface area contributed by atoms with Gasteiger partial charge in [-0.15, -0.1) is 0 Å². The van der Waals surface area contributed by atoms with Gasteiger partial charge in [0.2, 0.25) is 0 Å². The molecule has 0 amide bonds. The molecule has 0 fully saturated rings. The van der Waals surface area contributed by atoms with E-state index in [1.807, 2.05) is 0 Å². The topological polar surface area (TPSA) is 146 Å². The van der Waals surface area contributed by atoms with Crippen LogP contribution in [-0.4, -0.2) is 49.5 Å². The highest BCUT2D eigenvalue weighted by Gasteiger charge is 1.94. The molecule has 0 spiro atoms. The predicted molar refractivity (Wildman–Crippen MR) is 76.0 cm³/mol. The molecule has 0 aromatic rings. The Balaban J connectivity index is -0.000000244. The summed E-state index contributed by atoms with van der Waals surface area (Å²) in [4.78, 5) is 10.0. The van der Waals surface area contributed by atoms with Crippen LogP contribution in [0.5, 0.6) is 0 Å². The van der Waals surface area contributed by atoms with Crippen LogP contribution in [-0.2, 0) is 25.0 Å². The van der Waals surface area contributed by atoms with Gasteiger partial charge in [-0.2, -0.15) is 16.8 Å². The second-order valence-corrected chi connectivity index (χ2v) is 6.96. The van der Waals surface area contributed by atoms with Crippen molar-refractivity contribution in [3.8, 4) is 0 Å². The van der Waals surface area contributed by atoms with Gasteiger partial charge in [0.1, 0.15) is 0 Å². The van der Waals surface area contributed by atoms with Crippen molar-refractivity contribution in [2.24, 2.45) is 0 Å². The van der Waals surface area contributed by atoms with E-state index in [1.165, 1.54) is 19.3 Å². The molecule has 0 atom stereocenters. The summed E-state index contributed by atoms with van der Waals surface area (Å²) in [6.07, 6.45) is 7.32. The fourth-order valence-electron chi connectivity index (χ4n) is 0.880. The average molecular weight is 336 g/mol. The van der Waals surface area contributed by atoms with Crippen LogP contribution >= 0.6 is 0 Å². The summed E-state index contributed by atoms with van der Waals surface area (Å²) in [6.45, 7) is 2.15. The lowest BCUT2D eigenvalue weighted by Crippen LogP contribution is -1.93. The summed E-state index contributed by atoms with van der Waals surface area (Å²) in [7, 11) is -7.33. The van der Waals surface area contributed by atoms with E-state index in [9.17, 15) is 21.6 Å². The molecular weight excluding hydrogens is 312 g/mol. The van der Waals surface area contributed by atoms with E-state index in [1.54, 1.807) is 0 Å². The second-order valence-electron chi connectivity index (χ2n) is 4.02. The molecule has 0 aliphatic rings. The van der Waals surface area contributed by atoms with Crippen molar-refractivity contribution in [2.75, 3.05) is 12.5 Å².